The lowest BCUT2D eigenvalue weighted by Crippen LogP contribution is -2.74. The van der Waals surface area contributed by atoms with Gasteiger partial charge in [-0.25, -0.2) is 9.59 Å². The average Bonchev–Trinajstić information content (AvgIpc) is 3.72. The molecule has 0 aromatic rings. The number of allylic oxidation sites excluding steroid dienone is 1. The van der Waals surface area contributed by atoms with E-state index in [0.717, 1.165) is 0 Å². The number of fused-ring (bicyclic) bond motifs is 10. The van der Waals surface area contributed by atoms with E-state index in [0.29, 0.717) is 0 Å². The second kappa shape index (κ2) is 11.3. The van der Waals surface area contributed by atoms with Crippen LogP contribution in [-0.4, -0.2) is 106 Å². The van der Waals surface area contributed by atoms with Gasteiger partial charge in [0.15, 0.2) is 11.4 Å². The molecule has 4 saturated carbocycles. The Bertz CT molecular complexity index is 1630. The Morgan fingerprint density at radius 2 is 1.43 bits per heavy atom. The zero-order valence-electron chi connectivity index (χ0n) is 29.8. The predicted octanol–water partition coefficient (Wildman–Crippen LogP) is 0.385. The molecule has 0 bridgehead atoms. The minimum Gasteiger partial charge on any atom is -0.462 e. The molecular weight excluding hydrogens is 672 g/mol. The first-order valence-corrected chi connectivity index (χ1v) is 17.5. The van der Waals surface area contributed by atoms with Gasteiger partial charge >= 0.3 is 29.8 Å². The summed E-state index contributed by atoms with van der Waals surface area (Å²) in [6.45, 7) is 10.8. The van der Waals surface area contributed by atoms with E-state index in [1.54, 1.807) is 26.8 Å². The lowest BCUT2D eigenvalue weighted by Gasteiger charge is -2.65. The summed E-state index contributed by atoms with van der Waals surface area (Å²) in [5, 5.41) is 34.2. The highest BCUT2D eigenvalue weighted by atomic mass is 16.6. The van der Waals surface area contributed by atoms with E-state index in [1.807, 2.05) is 6.92 Å². The fourth-order valence-corrected chi connectivity index (χ4v) is 12.2. The highest BCUT2D eigenvalue weighted by Crippen LogP contribution is 2.76. The molecule has 0 aromatic carbocycles. The molecule has 0 spiro atoms. The Hall–Kier alpha value is -3.40. The van der Waals surface area contributed by atoms with Crippen molar-refractivity contribution in [2.75, 3.05) is 6.61 Å². The van der Waals surface area contributed by atoms with E-state index in [-0.39, 0.29) is 12.2 Å². The van der Waals surface area contributed by atoms with Gasteiger partial charge < -0.3 is 43.7 Å². The highest BCUT2D eigenvalue weighted by molar-refractivity contribution is 5.88. The van der Waals surface area contributed by atoms with Crippen molar-refractivity contribution in [3.05, 3.63) is 11.8 Å². The maximum Gasteiger partial charge on any atom is 0.343 e. The smallest absolute Gasteiger partial charge is 0.343 e. The summed E-state index contributed by atoms with van der Waals surface area (Å²) in [6.07, 6.45) is -6.01. The van der Waals surface area contributed by atoms with Gasteiger partial charge in [0.25, 0.3) is 0 Å². The molecule has 6 fully saturated rings. The highest BCUT2D eigenvalue weighted by Gasteiger charge is 2.83. The fourth-order valence-electron chi connectivity index (χ4n) is 12.2. The van der Waals surface area contributed by atoms with Crippen molar-refractivity contribution in [3.63, 3.8) is 0 Å². The third-order valence-corrected chi connectivity index (χ3v) is 14.2. The number of Topliss-reactive ketones (excluding diaryl/α,β-unsaturated/α-hetero) is 1. The van der Waals surface area contributed by atoms with E-state index < -0.39 is 148 Å². The lowest BCUT2D eigenvalue weighted by molar-refractivity contribution is -0.273. The van der Waals surface area contributed by atoms with Crippen LogP contribution in [0.1, 0.15) is 61.8 Å². The number of hydrogen-bond donors (Lipinski definition) is 3. The molecule has 7 rings (SSSR count). The fraction of sp³-hybridized carbons (Fsp3) is 0.778. The van der Waals surface area contributed by atoms with Crippen LogP contribution in [0.3, 0.4) is 0 Å². The third kappa shape index (κ3) is 4.50. The van der Waals surface area contributed by atoms with E-state index in [2.05, 4.69) is 0 Å². The molecule has 0 aromatic heterocycles. The summed E-state index contributed by atoms with van der Waals surface area (Å²) in [5.41, 5.74) is -6.47. The van der Waals surface area contributed by atoms with E-state index in [4.69, 9.17) is 28.4 Å². The molecule has 0 radical (unpaired) electrons. The van der Waals surface area contributed by atoms with Crippen LogP contribution in [-0.2, 0) is 57.2 Å². The van der Waals surface area contributed by atoms with Crippen LogP contribution in [0.2, 0.25) is 0 Å². The number of hydrogen-bond acceptors (Lipinski definition) is 15. The molecule has 3 N–H and O–H groups in total. The molecule has 2 saturated heterocycles. The topological polar surface area (TPSA) is 222 Å². The van der Waals surface area contributed by atoms with Gasteiger partial charge in [-0.15, -0.1) is 0 Å². The van der Waals surface area contributed by atoms with E-state index >= 15 is 0 Å². The van der Waals surface area contributed by atoms with Crippen molar-refractivity contribution in [3.8, 4) is 0 Å². The van der Waals surface area contributed by atoms with Crippen LogP contribution in [0.15, 0.2) is 11.8 Å². The van der Waals surface area contributed by atoms with Crippen LogP contribution < -0.4 is 0 Å². The summed E-state index contributed by atoms with van der Waals surface area (Å²) in [4.78, 5) is 79.9. The standard InChI is InChI=1S/C36H46O15/c1-12-9-18-35(7,36(8,45)32(44)50-18)24-21(12)34(6)22(28(24)46-13(2)38)20-23(29(51-19(41)11-37)31(34)48-15(4)40)33(5)16(25(42)26(20)43)10-17-27(49-17)30(33)47-14(3)39/h9,12,16-17,20-24,26-31,37,43,45H,10-11H2,1-8H3. The molecule has 18 atom stereocenters. The zero-order chi connectivity index (χ0) is 37.5. The maximum absolute atomic E-state index is 14.5. The normalized spacial score (nSPS) is 51.5. The van der Waals surface area contributed by atoms with Gasteiger partial charge in [0.1, 0.15) is 49.0 Å². The van der Waals surface area contributed by atoms with Crippen LogP contribution in [0.5, 0.6) is 0 Å². The molecule has 5 aliphatic carbocycles. The maximum atomic E-state index is 14.5. The average molecular weight is 719 g/mol. The van der Waals surface area contributed by atoms with E-state index in [9.17, 15) is 44.1 Å². The number of esters is 5. The van der Waals surface area contributed by atoms with Gasteiger partial charge in [-0.1, -0.05) is 20.8 Å². The number of carbonyl (C=O) groups excluding carboxylic acids is 6. The SMILES string of the molecule is CC(=O)OC1C2C3C(O)C(=O)C4CC5OC5C(OC(C)=O)C4(C)C3C(OC(=O)CO)C(OC(C)=O)C2(C)C2C(C)C=C3OC(=O)C(C)(O)C3(C)C12. The van der Waals surface area contributed by atoms with Crippen molar-refractivity contribution >= 4 is 35.6 Å². The lowest BCUT2D eigenvalue weighted by atomic mass is 9.41. The van der Waals surface area contributed by atoms with Gasteiger partial charge in [-0.05, 0) is 38.2 Å². The van der Waals surface area contributed by atoms with E-state index in [1.165, 1.54) is 27.7 Å². The Balaban J connectivity index is 1.54. The monoisotopic (exact) mass is 718 g/mol. The molecular formula is C36H46O15. The summed E-state index contributed by atoms with van der Waals surface area (Å²) in [7, 11) is 0. The molecule has 18 unspecified atom stereocenters. The van der Waals surface area contributed by atoms with Crippen molar-refractivity contribution in [2.45, 2.75) is 110 Å². The second-order valence-corrected chi connectivity index (χ2v) is 16.5. The van der Waals surface area contributed by atoms with Gasteiger partial charge in [0.05, 0.1) is 11.5 Å². The van der Waals surface area contributed by atoms with Gasteiger partial charge in [-0.3, -0.25) is 19.2 Å². The first-order valence-electron chi connectivity index (χ1n) is 17.5. The molecule has 15 heteroatoms. The number of ether oxygens (including phenoxy) is 6. The summed E-state index contributed by atoms with van der Waals surface area (Å²) >= 11 is 0. The Kier molecular flexibility index (Phi) is 7.97. The van der Waals surface area contributed by atoms with Gasteiger partial charge in [0, 0.05) is 61.2 Å². The third-order valence-electron chi connectivity index (χ3n) is 14.2. The van der Waals surface area contributed by atoms with Gasteiger partial charge in [-0.2, -0.15) is 0 Å². The van der Waals surface area contributed by atoms with Crippen molar-refractivity contribution < 1.29 is 72.5 Å². The quantitative estimate of drug-likeness (QED) is 0.199. The van der Waals surface area contributed by atoms with Crippen LogP contribution in [0.25, 0.3) is 0 Å². The van der Waals surface area contributed by atoms with Gasteiger partial charge in [0.2, 0.25) is 0 Å². The number of carbonyl (C=O) groups is 6. The number of aliphatic hydroxyl groups is 3. The Morgan fingerprint density at radius 3 is 2.02 bits per heavy atom. The first-order chi connectivity index (χ1) is 23.7. The van der Waals surface area contributed by atoms with Crippen molar-refractivity contribution in [1.29, 1.82) is 0 Å². The second-order valence-electron chi connectivity index (χ2n) is 16.5. The Labute approximate surface area is 294 Å². The minimum atomic E-state index is -2.14. The molecule has 51 heavy (non-hydrogen) atoms. The zero-order valence-corrected chi connectivity index (χ0v) is 29.8. The summed E-state index contributed by atoms with van der Waals surface area (Å²) in [6, 6.07) is 0. The number of rotatable bonds is 5. The molecule has 2 aliphatic heterocycles. The summed E-state index contributed by atoms with van der Waals surface area (Å²) < 4.78 is 36.0. The molecule has 280 valence electrons. The molecule has 15 nitrogen and oxygen atoms in total. The number of ketones is 1. The molecule has 2 heterocycles. The first kappa shape index (κ1) is 36.0. The largest absolute Gasteiger partial charge is 0.462 e. The Morgan fingerprint density at radius 1 is 0.843 bits per heavy atom. The molecule has 0 amide bonds. The molecule has 7 aliphatic rings. The number of aliphatic hydroxyl groups excluding tert-OH is 2. The minimum absolute atomic E-state index is 0.168. The van der Waals surface area contributed by atoms with Crippen molar-refractivity contribution in [2.24, 2.45) is 57.7 Å². The van der Waals surface area contributed by atoms with Crippen LogP contribution >= 0.6 is 0 Å². The number of epoxide rings is 1. The van der Waals surface area contributed by atoms with Crippen LogP contribution in [0.4, 0.5) is 0 Å². The summed E-state index contributed by atoms with van der Waals surface area (Å²) in [5.74, 6) is -11.0. The van der Waals surface area contributed by atoms with Crippen molar-refractivity contribution in [1.82, 2.24) is 0 Å². The van der Waals surface area contributed by atoms with Crippen LogP contribution in [0, 0.1) is 57.7 Å². The predicted molar refractivity (Wildman–Crippen MR) is 167 cm³/mol.